The number of hydrogen-bond donors (Lipinski definition) is 1. The van der Waals surface area contributed by atoms with Crippen molar-refractivity contribution in [2.75, 3.05) is 0 Å². The van der Waals surface area contributed by atoms with Crippen LogP contribution in [0.4, 0.5) is 0 Å². The quantitative estimate of drug-likeness (QED) is 0.447. The Morgan fingerprint density at radius 2 is 1.97 bits per heavy atom. The maximum absolute atomic E-state index is 11.8. The van der Waals surface area contributed by atoms with Gasteiger partial charge in [-0.25, -0.2) is 4.79 Å². The van der Waals surface area contributed by atoms with Crippen LogP contribution in [-0.4, -0.2) is 45.7 Å². The van der Waals surface area contributed by atoms with Crippen molar-refractivity contribution in [3.05, 3.63) is 72.1 Å². The van der Waals surface area contributed by atoms with Crippen molar-refractivity contribution in [3.8, 4) is 11.1 Å². The summed E-state index contributed by atoms with van der Waals surface area (Å²) in [6.07, 6.45) is 8.04. The zero-order chi connectivity index (χ0) is 22.6. The highest BCUT2D eigenvalue weighted by molar-refractivity contribution is 5.84. The first-order valence-electron chi connectivity index (χ1n) is 10.9. The molecule has 0 spiro atoms. The van der Waals surface area contributed by atoms with E-state index in [9.17, 15) is 9.90 Å². The van der Waals surface area contributed by atoms with Gasteiger partial charge >= 0.3 is 5.97 Å². The summed E-state index contributed by atoms with van der Waals surface area (Å²) in [7, 11) is 0. The van der Waals surface area contributed by atoms with Gasteiger partial charge in [0.25, 0.3) is 0 Å². The van der Waals surface area contributed by atoms with E-state index in [1.807, 2.05) is 37.4 Å². The van der Waals surface area contributed by atoms with E-state index in [0.717, 1.165) is 51.2 Å². The highest BCUT2D eigenvalue weighted by Gasteiger charge is 2.47. The van der Waals surface area contributed by atoms with E-state index < -0.39 is 11.5 Å². The van der Waals surface area contributed by atoms with E-state index in [0.29, 0.717) is 19.3 Å². The Balaban J connectivity index is 1.33. The molecule has 1 aliphatic carbocycles. The fraction of sp³-hybridized carbons (Fsp3) is 0.250. The number of aryl methyl sites for hydroxylation is 1. The van der Waals surface area contributed by atoms with Crippen molar-refractivity contribution < 1.29 is 9.90 Å². The molecule has 1 fully saturated rings. The minimum absolute atomic E-state index is 0.594. The third-order valence-corrected chi connectivity index (χ3v) is 6.50. The van der Waals surface area contributed by atoms with Gasteiger partial charge in [-0.05, 0) is 62.1 Å². The van der Waals surface area contributed by atoms with E-state index in [-0.39, 0.29) is 0 Å². The summed E-state index contributed by atoms with van der Waals surface area (Å²) in [6, 6.07) is 12.0. The monoisotopic (exact) mass is 439 g/mol. The molecule has 0 unspecified atom stereocenters. The number of carboxylic acids is 1. The number of benzene rings is 1. The van der Waals surface area contributed by atoms with Gasteiger partial charge in [-0.3, -0.25) is 9.67 Å². The Hall–Kier alpha value is -4.14. The van der Waals surface area contributed by atoms with Crippen LogP contribution in [0.2, 0.25) is 0 Å². The van der Waals surface area contributed by atoms with Gasteiger partial charge in [0.2, 0.25) is 0 Å². The normalized spacial score (nSPS) is 15.1. The predicted molar refractivity (Wildman–Crippen MR) is 121 cm³/mol. The van der Waals surface area contributed by atoms with Crippen LogP contribution in [0.1, 0.15) is 36.3 Å². The zero-order valence-electron chi connectivity index (χ0n) is 18.0. The van der Waals surface area contributed by atoms with Crippen molar-refractivity contribution >= 4 is 22.5 Å². The summed E-state index contributed by atoms with van der Waals surface area (Å²) < 4.78 is 3.38. The molecule has 1 saturated carbocycles. The first-order valence-corrected chi connectivity index (χ1v) is 10.9. The van der Waals surface area contributed by atoms with Crippen LogP contribution in [0.3, 0.4) is 0 Å². The van der Waals surface area contributed by atoms with Crippen LogP contribution in [0.15, 0.2) is 55.0 Å². The van der Waals surface area contributed by atoms with Gasteiger partial charge in [0, 0.05) is 35.3 Å². The molecule has 164 valence electrons. The summed E-state index contributed by atoms with van der Waals surface area (Å²) in [6.45, 7) is 1.94. The maximum Gasteiger partial charge on any atom is 0.331 e. The summed E-state index contributed by atoms with van der Waals surface area (Å²) in [5.74, 6) is -0.0479. The lowest BCUT2D eigenvalue weighted by atomic mass is 9.77. The fourth-order valence-corrected chi connectivity index (χ4v) is 4.43. The molecule has 33 heavy (non-hydrogen) atoms. The lowest BCUT2D eigenvalue weighted by Gasteiger charge is -2.37. The summed E-state index contributed by atoms with van der Waals surface area (Å²) in [5, 5.41) is 28.1. The van der Waals surface area contributed by atoms with Gasteiger partial charge in [0.1, 0.15) is 0 Å². The second-order valence-corrected chi connectivity index (χ2v) is 8.65. The molecule has 1 aromatic carbocycles. The molecule has 0 saturated heterocycles. The molecule has 0 amide bonds. The lowest BCUT2D eigenvalue weighted by molar-refractivity contribution is -0.153. The van der Waals surface area contributed by atoms with E-state index in [2.05, 4.69) is 37.5 Å². The smallest absolute Gasteiger partial charge is 0.331 e. The summed E-state index contributed by atoms with van der Waals surface area (Å²) >= 11 is 0. The van der Waals surface area contributed by atoms with E-state index in [4.69, 9.17) is 0 Å². The van der Waals surface area contributed by atoms with Gasteiger partial charge < -0.3 is 5.11 Å². The van der Waals surface area contributed by atoms with E-state index in [1.165, 1.54) is 0 Å². The Labute approximate surface area is 188 Å². The number of pyridine rings is 1. The van der Waals surface area contributed by atoms with Crippen LogP contribution in [0.25, 0.3) is 27.7 Å². The SMILES string of the molecule is Cc1ccc2nnc(Cc3ccc4ncc(-c5cnn(C6(C(=O)O)CCC6)c5)cc4c3)n2n1. The first kappa shape index (κ1) is 19.5. The summed E-state index contributed by atoms with van der Waals surface area (Å²) in [4.78, 5) is 16.4. The number of carbonyl (C=O) groups is 1. The molecule has 5 aromatic rings. The number of aliphatic carboxylic acids is 1. The third kappa shape index (κ3) is 3.15. The molecule has 0 atom stereocenters. The Morgan fingerprint density at radius 3 is 2.76 bits per heavy atom. The molecule has 0 aliphatic heterocycles. The van der Waals surface area contributed by atoms with Crippen LogP contribution >= 0.6 is 0 Å². The van der Waals surface area contributed by atoms with Crippen molar-refractivity contribution in [3.63, 3.8) is 0 Å². The van der Waals surface area contributed by atoms with E-state index in [1.54, 1.807) is 21.6 Å². The Morgan fingerprint density at radius 1 is 1.09 bits per heavy atom. The topological polar surface area (TPSA) is 111 Å². The highest BCUT2D eigenvalue weighted by atomic mass is 16.4. The molecule has 1 N–H and O–H groups in total. The van der Waals surface area contributed by atoms with Crippen molar-refractivity contribution in [1.29, 1.82) is 0 Å². The largest absolute Gasteiger partial charge is 0.479 e. The van der Waals surface area contributed by atoms with Gasteiger partial charge in [-0.2, -0.15) is 14.7 Å². The standard InChI is InChI=1S/C24H21N7O2/c1-15-3-6-21-27-28-22(31(21)29-15)10-16-4-5-20-17(9-16)11-18(12-25-20)19-13-26-30(14-19)24(23(32)33)7-2-8-24/h3-6,9,11-14H,2,7-8,10H2,1H3,(H,32,33). The number of rotatable bonds is 5. The molecule has 0 bridgehead atoms. The molecule has 0 radical (unpaired) electrons. The number of nitrogens with zero attached hydrogens (tertiary/aromatic N) is 7. The lowest BCUT2D eigenvalue weighted by Crippen LogP contribution is -2.48. The Kier molecular flexibility index (Phi) is 4.26. The van der Waals surface area contributed by atoms with Crippen LogP contribution in [0.5, 0.6) is 0 Å². The molecular formula is C24H21N7O2. The van der Waals surface area contributed by atoms with Crippen LogP contribution in [-0.2, 0) is 16.8 Å². The van der Waals surface area contributed by atoms with Crippen LogP contribution in [0, 0.1) is 6.92 Å². The predicted octanol–water partition coefficient (Wildman–Crippen LogP) is 3.40. The molecule has 9 nitrogen and oxygen atoms in total. The van der Waals surface area contributed by atoms with Gasteiger partial charge in [0.15, 0.2) is 17.0 Å². The van der Waals surface area contributed by atoms with Gasteiger partial charge in [-0.15, -0.1) is 10.2 Å². The van der Waals surface area contributed by atoms with Gasteiger partial charge in [0.05, 0.1) is 17.4 Å². The van der Waals surface area contributed by atoms with Crippen LogP contribution < -0.4 is 0 Å². The minimum atomic E-state index is -0.914. The number of carboxylic acid groups (broad SMARTS) is 1. The molecule has 4 heterocycles. The number of hydrogen-bond acceptors (Lipinski definition) is 6. The molecule has 9 heteroatoms. The summed E-state index contributed by atoms with van der Waals surface area (Å²) in [5.41, 5.74) is 4.43. The molecule has 1 aliphatic rings. The van der Waals surface area contributed by atoms with E-state index >= 15 is 0 Å². The highest BCUT2D eigenvalue weighted by Crippen LogP contribution is 2.39. The maximum atomic E-state index is 11.8. The number of fused-ring (bicyclic) bond motifs is 2. The van der Waals surface area contributed by atoms with Crippen molar-refractivity contribution in [2.24, 2.45) is 0 Å². The van der Waals surface area contributed by atoms with Gasteiger partial charge in [-0.1, -0.05) is 6.07 Å². The third-order valence-electron chi connectivity index (χ3n) is 6.50. The average molecular weight is 439 g/mol. The molecule has 6 rings (SSSR count). The van der Waals surface area contributed by atoms with Crippen molar-refractivity contribution in [2.45, 2.75) is 38.1 Å². The van der Waals surface area contributed by atoms with Crippen molar-refractivity contribution in [1.82, 2.24) is 34.6 Å². The fourth-order valence-electron chi connectivity index (χ4n) is 4.43. The minimum Gasteiger partial charge on any atom is -0.479 e. The zero-order valence-corrected chi connectivity index (χ0v) is 18.0. The molecular weight excluding hydrogens is 418 g/mol. The second kappa shape index (κ2) is 7.19. The number of aromatic nitrogens is 7. The molecule has 4 aromatic heterocycles. The Bertz CT molecular complexity index is 1530. The average Bonchev–Trinajstić information content (AvgIpc) is 3.40. The first-order chi connectivity index (χ1) is 16.0. The second-order valence-electron chi connectivity index (χ2n) is 8.65.